The minimum absolute atomic E-state index is 0.122. The second-order valence-electron chi connectivity index (χ2n) is 11.1. The van der Waals surface area contributed by atoms with Crippen molar-refractivity contribution in [1.29, 1.82) is 0 Å². The van der Waals surface area contributed by atoms with Crippen LogP contribution in [0.15, 0.2) is 118 Å². The van der Waals surface area contributed by atoms with Gasteiger partial charge in [-0.25, -0.2) is 26.7 Å². The minimum atomic E-state index is -4.42. The molecule has 0 spiro atoms. The molecule has 6 aromatic rings. The van der Waals surface area contributed by atoms with Gasteiger partial charge in [0.2, 0.25) is 5.82 Å². The average molecular weight is 700 g/mol. The summed E-state index contributed by atoms with van der Waals surface area (Å²) < 4.78 is 89.9. The lowest BCUT2D eigenvalue weighted by Gasteiger charge is -2.31. The molecule has 11 heteroatoms. The van der Waals surface area contributed by atoms with E-state index in [1.165, 1.54) is 26.0 Å². The van der Waals surface area contributed by atoms with Crippen molar-refractivity contribution in [2.24, 2.45) is 0 Å². The van der Waals surface area contributed by atoms with Crippen LogP contribution in [-0.4, -0.2) is 21.8 Å². The molecule has 0 unspecified atom stereocenters. The van der Waals surface area contributed by atoms with Crippen molar-refractivity contribution < 1.29 is 35.2 Å². The molecule has 1 heterocycles. The molecule has 5 aromatic carbocycles. The lowest BCUT2D eigenvalue weighted by Crippen LogP contribution is -2.66. The first-order chi connectivity index (χ1) is 24.2. The van der Waals surface area contributed by atoms with E-state index in [0.717, 1.165) is 17.1 Å². The summed E-state index contributed by atoms with van der Waals surface area (Å²) in [5.74, 6) is -10.4. The summed E-state index contributed by atoms with van der Waals surface area (Å²) in [6.07, 6.45) is 3.19. The van der Waals surface area contributed by atoms with Gasteiger partial charge in [-0.15, -0.1) is 0 Å². The molecule has 0 N–H and O–H groups in total. The zero-order valence-corrected chi connectivity index (χ0v) is 27.9. The molecule has 0 aliphatic heterocycles. The van der Waals surface area contributed by atoms with Crippen LogP contribution >= 0.6 is 0 Å². The molecule has 0 radical (unpaired) electrons. The van der Waals surface area contributed by atoms with Crippen molar-refractivity contribution in [3.05, 3.63) is 160 Å². The Morgan fingerprint density at radius 2 is 1.18 bits per heavy atom. The molecular weight excluding hydrogens is 670 g/mol. The Hall–Kier alpha value is -5.36. The van der Waals surface area contributed by atoms with Crippen molar-refractivity contribution in [2.45, 2.75) is 13.8 Å². The highest BCUT2D eigenvalue weighted by Gasteiger charge is 2.49. The molecule has 0 bridgehead atoms. The van der Waals surface area contributed by atoms with E-state index >= 15 is 8.78 Å². The van der Waals surface area contributed by atoms with Crippen LogP contribution in [0.3, 0.4) is 0 Å². The third-order valence-electron chi connectivity index (χ3n) is 8.01. The number of hydrogen-bond donors (Lipinski definition) is 0. The van der Waals surface area contributed by atoms with E-state index in [2.05, 4.69) is 4.90 Å². The Kier molecular flexibility index (Phi) is 10.1. The maximum Gasteiger partial charge on any atom is 0.413 e. The van der Waals surface area contributed by atoms with Crippen molar-refractivity contribution in [2.75, 3.05) is 18.1 Å². The molecule has 0 saturated heterocycles. The topological polar surface area (TPSA) is 51.9 Å². The Bertz CT molecular complexity index is 2150. The van der Waals surface area contributed by atoms with Gasteiger partial charge in [-0.05, 0) is 73.1 Å². The molecule has 254 valence electrons. The number of anilines is 3. The molecule has 0 amide bonds. The number of benzene rings is 5. The molecule has 0 fully saturated rings. The van der Waals surface area contributed by atoms with Gasteiger partial charge in [-0.1, -0.05) is 66.7 Å². The summed E-state index contributed by atoms with van der Waals surface area (Å²) in [6, 6.07) is 33.0. The maximum absolute atomic E-state index is 15.1. The largest absolute Gasteiger partial charge is 0.422 e. The highest BCUT2D eigenvalue weighted by Crippen LogP contribution is 2.35. The SMILES string of the molecule is CCO[Si](OCC)(c1ccc(/C=C/c2cc3ccc(N(c4ccccc4)c4ccccc4)cc3oc2=O)cc1)c1c(F)c(F)c(F)c(F)c1F. The van der Waals surface area contributed by atoms with Crippen LogP contribution in [0.4, 0.5) is 39.0 Å². The van der Waals surface area contributed by atoms with Crippen molar-refractivity contribution in [3.63, 3.8) is 0 Å². The summed E-state index contributed by atoms with van der Waals surface area (Å²) in [5, 5.41) is -0.299. The Labute approximate surface area is 285 Å². The summed E-state index contributed by atoms with van der Waals surface area (Å²) in [4.78, 5) is 15.1. The molecule has 0 aliphatic carbocycles. The van der Waals surface area contributed by atoms with Gasteiger partial charge in [0.05, 0.1) is 10.8 Å². The van der Waals surface area contributed by atoms with Gasteiger partial charge in [-0.2, -0.15) is 0 Å². The van der Waals surface area contributed by atoms with Gasteiger partial charge in [0, 0.05) is 41.7 Å². The van der Waals surface area contributed by atoms with E-state index in [-0.39, 0.29) is 24.0 Å². The zero-order chi connectivity index (χ0) is 35.4. The highest BCUT2D eigenvalue weighted by atomic mass is 28.4. The van der Waals surface area contributed by atoms with Gasteiger partial charge in [0.25, 0.3) is 0 Å². The van der Waals surface area contributed by atoms with Crippen LogP contribution in [0.25, 0.3) is 23.1 Å². The van der Waals surface area contributed by atoms with Gasteiger partial charge < -0.3 is 18.2 Å². The standard InChI is InChI=1S/C39H30F5NO4Si/c1-3-47-50(48-4-2,38-36(43)34(41)33(40)35(42)37(38)44)31-21-16-25(17-22-31)15-18-27-23-26-19-20-30(24-32(26)49-39(27)46)45(28-11-7-5-8-12-28)29-13-9-6-10-14-29/h5-24H,3-4H2,1-2H3/b18-15+. The molecule has 0 aliphatic rings. The highest BCUT2D eigenvalue weighted by molar-refractivity contribution is 6.92. The van der Waals surface area contributed by atoms with Crippen molar-refractivity contribution in [3.8, 4) is 0 Å². The fourth-order valence-electron chi connectivity index (χ4n) is 5.77. The molecule has 6 rings (SSSR count). The van der Waals surface area contributed by atoms with E-state index in [4.69, 9.17) is 13.3 Å². The van der Waals surface area contributed by atoms with E-state index < -0.39 is 48.5 Å². The second kappa shape index (κ2) is 14.6. The molecule has 50 heavy (non-hydrogen) atoms. The number of para-hydroxylation sites is 2. The lowest BCUT2D eigenvalue weighted by atomic mass is 10.1. The van der Waals surface area contributed by atoms with Crippen LogP contribution in [-0.2, 0) is 8.85 Å². The minimum Gasteiger partial charge on any atom is -0.422 e. The fourth-order valence-corrected chi connectivity index (χ4v) is 8.98. The molecule has 0 atom stereocenters. The van der Waals surface area contributed by atoms with E-state index in [1.54, 1.807) is 36.4 Å². The maximum atomic E-state index is 15.1. The average Bonchev–Trinajstić information content (AvgIpc) is 3.13. The Morgan fingerprint density at radius 1 is 0.640 bits per heavy atom. The first-order valence-electron chi connectivity index (χ1n) is 15.7. The van der Waals surface area contributed by atoms with Gasteiger partial charge in [0.15, 0.2) is 23.3 Å². The third-order valence-corrected chi connectivity index (χ3v) is 11.6. The summed E-state index contributed by atoms with van der Waals surface area (Å²) in [7, 11) is -4.42. The number of halogens is 5. The molecule has 1 aromatic heterocycles. The van der Waals surface area contributed by atoms with Crippen molar-refractivity contribution in [1.82, 2.24) is 0 Å². The van der Waals surface area contributed by atoms with Gasteiger partial charge in [-0.3, -0.25) is 0 Å². The zero-order valence-electron chi connectivity index (χ0n) is 26.9. The van der Waals surface area contributed by atoms with E-state index in [0.29, 0.717) is 16.5 Å². The van der Waals surface area contributed by atoms with Gasteiger partial charge in [0.1, 0.15) is 5.58 Å². The summed E-state index contributed by atoms with van der Waals surface area (Å²) in [6.45, 7) is 2.82. The first-order valence-corrected chi connectivity index (χ1v) is 17.6. The Balaban J connectivity index is 1.32. The van der Waals surface area contributed by atoms with Crippen LogP contribution in [0.1, 0.15) is 25.0 Å². The molecule has 0 saturated carbocycles. The smallest absolute Gasteiger partial charge is 0.413 e. The van der Waals surface area contributed by atoms with E-state index in [1.807, 2.05) is 72.8 Å². The van der Waals surface area contributed by atoms with Crippen LogP contribution in [0.5, 0.6) is 0 Å². The Morgan fingerprint density at radius 3 is 1.72 bits per heavy atom. The first kappa shape index (κ1) is 34.5. The number of hydrogen-bond acceptors (Lipinski definition) is 5. The quantitative estimate of drug-likeness (QED) is 0.0445. The number of rotatable bonds is 11. The summed E-state index contributed by atoms with van der Waals surface area (Å²) in [5.41, 5.74) is 3.32. The van der Waals surface area contributed by atoms with Gasteiger partial charge >= 0.3 is 14.2 Å². The fraction of sp³-hybridized carbons (Fsp3) is 0.103. The molecule has 5 nitrogen and oxygen atoms in total. The third kappa shape index (κ3) is 6.50. The summed E-state index contributed by atoms with van der Waals surface area (Å²) >= 11 is 0. The van der Waals surface area contributed by atoms with Crippen LogP contribution in [0, 0.1) is 29.1 Å². The monoisotopic (exact) mass is 699 g/mol. The van der Waals surface area contributed by atoms with Crippen LogP contribution in [0.2, 0.25) is 0 Å². The molecular formula is C39H30F5NO4Si. The van der Waals surface area contributed by atoms with Crippen LogP contribution < -0.4 is 20.9 Å². The number of nitrogens with zero attached hydrogens (tertiary/aromatic N) is 1. The lowest BCUT2D eigenvalue weighted by molar-refractivity contribution is 0.205. The van der Waals surface area contributed by atoms with E-state index in [9.17, 15) is 18.0 Å². The number of fused-ring (bicyclic) bond motifs is 1. The second-order valence-corrected chi connectivity index (χ2v) is 14.0. The normalized spacial score (nSPS) is 11.8. The van der Waals surface area contributed by atoms with Crippen molar-refractivity contribution >= 4 is 59.1 Å². The predicted molar refractivity (Wildman–Crippen MR) is 187 cm³/mol. The predicted octanol–water partition coefficient (Wildman–Crippen LogP) is 8.76.